The van der Waals surface area contributed by atoms with Crippen molar-refractivity contribution in [2.75, 3.05) is 8.67 Å². The first-order chi connectivity index (χ1) is 8.66. The van der Waals surface area contributed by atoms with E-state index in [2.05, 4.69) is 13.7 Å². The third-order valence-electron chi connectivity index (χ3n) is 2.70. The topological polar surface area (TPSA) is 104 Å². The summed E-state index contributed by atoms with van der Waals surface area (Å²) in [6.45, 7) is 0. The second-order valence-corrected chi connectivity index (χ2v) is 5.09. The summed E-state index contributed by atoms with van der Waals surface area (Å²) in [6.07, 6.45) is 0. The summed E-state index contributed by atoms with van der Waals surface area (Å²) in [7, 11) is 0. The number of benzene rings is 1. The van der Waals surface area contributed by atoms with Gasteiger partial charge in [-0.2, -0.15) is 0 Å². The predicted molar refractivity (Wildman–Crippen MR) is 69.1 cm³/mol. The molecule has 0 bridgehead atoms. The van der Waals surface area contributed by atoms with E-state index in [-0.39, 0.29) is 26.4 Å². The Morgan fingerprint density at radius 1 is 1.28 bits per heavy atom. The number of nitrogens with one attached hydrogen (secondary N) is 3. The van der Waals surface area contributed by atoms with Crippen molar-refractivity contribution in [1.29, 1.82) is 5.41 Å². The summed E-state index contributed by atoms with van der Waals surface area (Å²) < 4.78 is 6.44. The van der Waals surface area contributed by atoms with Gasteiger partial charge >= 0.3 is 108 Å². The van der Waals surface area contributed by atoms with Crippen molar-refractivity contribution in [2.24, 2.45) is 5.73 Å². The Bertz CT molecular complexity index is 730. The van der Waals surface area contributed by atoms with E-state index in [1.165, 1.54) is 0 Å². The van der Waals surface area contributed by atoms with Crippen LogP contribution >= 0.6 is 0 Å². The Morgan fingerprint density at radius 2 is 2.06 bits per heavy atom. The van der Waals surface area contributed by atoms with E-state index < -0.39 is 5.91 Å². The van der Waals surface area contributed by atoms with Gasteiger partial charge in [-0.05, 0) is 0 Å². The van der Waals surface area contributed by atoms with Crippen LogP contribution in [0.2, 0.25) is 0 Å². The molecule has 0 atom stereocenters. The average molecular weight is 306 g/mol. The van der Waals surface area contributed by atoms with Gasteiger partial charge in [0.15, 0.2) is 0 Å². The number of amides is 1. The number of carbonyl (C=O) groups is 1. The zero-order valence-corrected chi connectivity index (χ0v) is 10.9. The van der Waals surface area contributed by atoms with Crippen LogP contribution in [0.25, 0.3) is 10.9 Å². The fourth-order valence-corrected chi connectivity index (χ4v) is 3.15. The van der Waals surface area contributed by atoms with Crippen molar-refractivity contribution in [3.63, 3.8) is 0 Å². The van der Waals surface area contributed by atoms with Crippen LogP contribution in [0.5, 0.6) is 0 Å². The fraction of sp³-hybridized carbons (Fsp3) is 0. The summed E-state index contributed by atoms with van der Waals surface area (Å²) in [4.78, 5) is 15.4. The third-order valence-corrected chi connectivity index (χ3v) is 4.01. The summed E-state index contributed by atoms with van der Waals surface area (Å²) in [5.41, 5.74) is 7.77. The molecule has 0 saturated heterocycles. The molecule has 1 aromatic heterocycles. The quantitative estimate of drug-likeness (QED) is 0.564. The third kappa shape index (κ3) is 1.61. The number of hydrogen-bond donors (Lipinski definition) is 4. The van der Waals surface area contributed by atoms with E-state index in [0.29, 0.717) is 5.52 Å². The summed E-state index contributed by atoms with van der Waals surface area (Å²) in [5.74, 6) is -0.639. The Kier molecular flexibility index (Phi) is 2.43. The number of fused-ring (bicyclic) bond motifs is 3. The SMILES string of the molecule is N=c1nc2c3c(ccc2ccc1C(N)=O)N[Se]N3. The van der Waals surface area contributed by atoms with Gasteiger partial charge in [0.05, 0.1) is 0 Å². The van der Waals surface area contributed by atoms with Crippen LogP contribution in [0.15, 0.2) is 24.3 Å². The fourth-order valence-electron chi connectivity index (χ4n) is 1.81. The van der Waals surface area contributed by atoms with Crippen molar-refractivity contribution in [3.8, 4) is 0 Å². The first kappa shape index (κ1) is 11.0. The molecule has 1 aromatic carbocycles. The molecule has 5 N–H and O–H groups in total. The molecule has 90 valence electrons. The van der Waals surface area contributed by atoms with Gasteiger partial charge in [0, 0.05) is 0 Å². The first-order valence-corrected chi connectivity index (χ1v) is 6.88. The number of aromatic nitrogens is 1. The number of carbonyl (C=O) groups excluding carboxylic acids is 1. The molecular formula is C11H9N5OSe. The monoisotopic (exact) mass is 307 g/mol. The van der Waals surface area contributed by atoms with Gasteiger partial charge in [-0.25, -0.2) is 0 Å². The van der Waals surface area contributed by atoms with E-state index in [0.717, 1.165) is 16.8 Å². The summed E-state index contributed by atoms with van der Waals surface area (Å²) >= 11 is 0.0986. The molecule has 0 spiro atoms. The predicted octanol–water partition coefficient (Wildman–Crippen LogP) is 0.185. The van der Waals surface area contributed by atoms with Gasteiger partial charge in [-0.3, -0.25) is 0 Å². The van der Waals surface area contributed by atoms with E-state index in [1.54, 1.807) is 12.1 Å². The molecule has 1 amide bonds. The van der Waals surface area contributed by atoms with Crippen LogP contribution in [0, 0.1) is 5.41 Å². The number of anilines is 2. The molecule has 3 rings (SSSR count). The average Bonchev–Trinajstić information content (AvgIpc) is 2.73. The van der Waals surface area contributed by atoms with Crippen molar-refractivity contribution in [3.05, 3.63) is 35.3 Å². The maximum absolute atomic E-state index is 11.2. The van der Waals surface area contributed by atoms with E-state index in [1.807, 2.05) is 12.1 Å². The molecule has 6 nitrogen and oxygen atoms in total. The first-order valence-electron chi connectivity index (χ1n) is 5.17. The minimum atomic E-state index is -0.639. The Balaban J connectivity index is 2.42. The van der Waals surface area contributed by atoms with Gasteiger partial charge < -0.3 is 0 Å². The normalized spacial score (nSPS) is 12.7. The summed E-state index contributed by atoms with van der Waals surface area (Å²) in [5, 5.41) is 8.67. The molecule has 0 fully saturated rings. The molecule has 0 aliphatic carbocycles. The maximum atomic E-state index is 11.2. The van der Waals surface area contributed by atoms with Crippen molar-refractivity contribution < 1.29 is 4.79 Å². The number of nitrogens with zero attached hydrogens (tertiary/aromatic N) is 1. The second-order valence-electron chi connectivity index (χ2n) is 3.80. The van der Waals surface area contributed by atoms with Gasteiger partial charge in [0.25, 0.3) is 0 Å². The van der Waals surface area contributed by atoms with Gasteiger partial charge in [-0.15, -0.1) is 0 Å². The van der Waals surface area contributed by atoms with Crippen LogP contribution in [0.1, 0.15) is 10.4 Å². The van der Waals surface area contributed by atoms with Crippen LogP contribution in [0.3, 0.4) is 0 Å². The molecule has 18 heavy (non-hydrogen) atoms. The van der Waals surface area contributed by atoms with Crippen molar-refractivity contribution in [2.45, 2.75) is 0 Å². The number of primary amides is 1. The number of hydrogen-bond acceptors (Lipinski definition) is 5. The number of rotatable bonds is 1. The Labute approximate surface area is 109 Å². The van der Waals surface area contributed by atoms with Crippen molar-refractivity contribution in [1.82, 2.24) is 4.98 Å². The molecule has 2 aromatic rings. The van der Waals surface area contributed by atoms with E-state index in [9.17, 15) is 4.79 Å². The molecule has 1 aliphatic heterocycles. The van der Waals surface area contributed by atoms with Gasteiger partial charge in [-0.1, -0.05) is 0 Å². The molecule has 0 radical (unpaired) electrons. The van der Waals surface area contributed by atoms with E-state index >= 15 is 0 Å². The molecule has 0 saturated carbocycles. The van der Waals surface area contributed by atoms with Crippen molar-refractivity contribution >= 4 is 43.6 Å². The summed E-state index contributed by atoms with van der Waals surface area (Å²) in [6, 6.07) is 7.16. The molecular weight excluding hydrogens is 297 g/mol. The second kappa shape index (κ2) is 3.97. The molecule has 7 heteroatoms. The van der Waals surface area contributed by atoms with Gasteiger partial charge in [0.2, 0.25) is 0 Å². The zero-order chi connectivity index (χ0) is 12.7. The molecule has 0 unspecified atom stereocenters. The van der Waals surface area contributed by atoms with Crippen LogP contribution in [-0.4, -0.2) is 26.3 Å². The van der Waals surface area contributed by atoms with Crippen LogP contribution in [0.4, 0.5) is 11.4 Å². The van der Waals surface area contributed by atoms with Gasteiger partial charge in [0.1, 0.15) is 0 Å². The van der Waals surface area contributed by atoms with E-state index in [4.69, 9.17) is 11.1 Å². The molecule has 1 aliphatic rings. The van der Waals surface area contributed by atoms with Crippen LogP contribution < -0.4 is 19.9 Å². The Morgan fingerprint density at radius 3 is 2.83 bits per heavy atom. The minimum absolute atomic E-state index is 0.0986. The zero-order valence-electron chi connectivity index (χ0n) is 9.15. The number of nitrogens with two attached hydrogens (primary N) is 1. The van der Waals surface area contributed by atoms with Crippen LogP contribution in [-0.2, 0) is 0 Å². The standard InChI is InChI=1S/C11H9N5OSe/c12-10-6(11(13)17)3-1-5-2-4-7-9(8(5)14-10)16-18-15-7/h1-4,12,15-16H,(H2,13,17). The Hall–Kier alpha value is -2.11. The molecule has 2 heterocycles.